The Bertz CT molecular complexity index is 775. The molecule has 4 rings (SSSR count). The van der Waals surface area contributed by atoms with E-state index >= 15 is 0 Å². The van der Waals surface area contributed by atoms with E-state index in [1.165, 1.54) is 30.8 Å². The average molecular weight is 337 g/mol. The largest absolute Gasteiger partial charge is 0.338 e. The number of carbonyl (C=O) groups is 1. The summed E-state index contributed by atoms with van der Waals surface area (Å²) in [5, 5.41) is 0. The average Bonchev–Trinajstić information content (AvgIpc) is 3.15. The molecule has 25 heavy (non-hydrogen) atoms. The number of hydrogen-bond donors (Lipinski definition) is 0. The molecule has 4 nitrogen and oxygen atoms in total. The van der Waals surface area contributed by atoms with E-state index in [2.05, 4.69) is 16.5 Å². The van der Waals surface area contributed by atoms with Crippen LogP contribution in [0.3, 0.4) is 0 Å². The second kappa shape index (κ2) is 6.66. The van der Waals surface area contributed by atoms with Gasteiger partial charge in [0.05, 0.1) is 0 Å². The van der Waals surface area contributed by atoms with Gasteiger partial charge in [-0.1, -0.05) is 24.1 Å². The first-order valence-corrected chi connectivity index (χ1v) is 9.50. The number of amides is 1. The summed E-state index contributed by atoms with van der Waals surface area (Å²) in [6.45, 7) is 6.90. The van der Waals surface area contributed by atoms with Gasteiger partial charge in [-0.25, -0.2) is 4.98 Å². The van der Waals surface area contributed by atoms with Gasteiger partial charge in [0.25, 0.3) is 5.91 Å². The van der Waals surface area contributed by atoms with E-state index < -0.39 is 0 Å². The standard InChI is InChI=1S/C21H27N3O/c1-15-5-3-8-19(11-15)21(25)23-10-9-17(13-23)14-24-16(2)12-22-20(24)18-6-4-7-18/h3,5,8,11-12,17-18H,4,6-7,9-10,13-14H2,1-2H3. The molecule has 1 saturated carbocycles. The van der Waals surface area contributed by atoms with Gasteiger partial charge in [-0.3, -0.25) is 4.79 Å². The third-order valence-corrected chi connectivity index (χ3v) is 5.84. The van der Waals surface area contributed by atoms with Gasteiger partial charge in [0.2, 0.25) is 0 Å². The van der Waals surface area contributed by atoms with Gasteiger partial charge in [-0.05, 0) is 51.2 Å². The fourth-order valence-corrected chi connectivity index (χ4v) is 4.09. The minimum Gasteiger partial charge on any atom is -0.338 e. The molecule has 1 aliphatic carbocycles. The Balaban J connectivity index is 1.43. The Kier molecular flexibility index (Phi) is 4.36. The van der Waals surface area contributed by atoms with Crippen LogP contribution in [0, 0.1) is 19.8 Å². The van der Waals surface area contributed by atoms with Crippen molar-refractivity contribution >= 4 is 5.91 Å². The summed E-state index contributed by atoms with van der Waals surface area (Å²) in [6.07, 6.45) is 6.98. The highest BCUT2D eigenvalue weighted by Gasteiger charge is 2.30. The lowest BCUT2D eigenvalue weighted by molar-refractivity contribution is 0.0785. The highest BCUT2D eigenvalue weighted by atomic mass is 16.2. The summed E-state index contributed by atoms with van der Waals surface area (Å²) >= 11 is 0. The predicted octanol–water partition coefficient (Wildman–Crippen LogP) is 3.93. The van der Waals surface area contributed by atoms with Gasteiger partial charge < -0.3 is 9.47 Å². The molecule has 0 bridgehead atoms. The first-order valence-electron chi connectivity index (χ1n) is 9.50. The minimum absolute atomic E-state index is 0.174. The lowest BCUT2D eigenvalue weighted by Crippen LogP contribution is -2.29. The molecule has 1 saturated heterocycles. The van der Waals surface area contributed by atoms with Crippen LogP contribution in [-0.2, 0) is 6.54 Å². The van der Waals surface area contributed by atoms with E-state index in [0.29, 0.717) is 11.8 Å². The van der Waals surface area contributed by atoms with E-state index in [9.17, 15) is 4.79 Å². The molecule has 2 fully saturated rings. The van der Waals surface area contributed by atoms with Gasteiger partial charge in [-0.2, -0.15) is 0 Å². The fraction of sp³-hybridized carbons (Fsp3) is 0.524. The van der Waals surface area contributed by atoms with E-state index in [1.807, 2.05) is 42.3 Å². The van der Waals surface area contributed by atoms with Crippen LogP contribution in [0.4, 0.5) is 0 Å². The second-order valence-electron chi connectivity index (χ2n) is 7.77. The molecule has 1 atom stereocenters. The molecular weight excluding hydrogens is 310 g/mol. The molecule has 1 amide bonds. The number of nitrogens with zero attached hydrogens (tertiary/aromatic N) is 3. The van der Waals surface area contributed by atoms with Crippen LogP contribution in [-0.4, -0.2) is 33.4 Å². The lowest BCUT2D eigenvalue weighted by atomic mass is 9.84. The molecular formula is C21H27N3O. The van der Waals surface area contributed by atoms with E-state index in [0.717, 1.165) is 37.2 Å². The molecule has 1 aliphatic heterocycles. The summed E-state index contributed by atoms with van der Waals surface area (Å²) < 4.78 is 2.41. The van der Waals surface area contributed by atoms with Crippen molar-refractivity contribution in [3.05, 3.63) is 53.1 Å². The van der Waals surface area contributed by atoms with Gasteiger partial charge >= 0.3 is 0 Å². The van der Waals surface area contributed by atoms with Crippen molar-refractivity contribution < 1.29 is 4.79 Å². The SMILES string of the molecule is Cc1cccc(C(=O)N2CCC(Cn3c(C)cnc3C3CCC3)C2)c1. The van der Waals surface area contributed by atoms with Crippen LogP contribution in [0.15, 0.2) is 30.5 Å². The van der Waals surface area contributed by atoms with Crippen molar-refractivity contribution in [1.29, 1.82) is 0 Å². The predicted molar refractivity (Wildman–Crippen MR) is 98.7 cm³/mol. The smallest absolute Gasteiger partial charge is 0.253 e. The van der Waals surface area contributed by atoms with Crippen LogP contribution in [0.1, 0.15) is 59.0 Å². The number of aryl methyl sites for hydroxylation is 2. The molecule has 1 aromatic carbocycles. The highest BCUT2D eigenvalue weighted by molar-refractivity contribution is 5.94. The zero-order chi connectivity index (χ0) is 17.4. The Hall–Kier alpha value is -2.10. The number of aromatic nitrogens is 2. The first-order chi connectivity index (χ1) is 12.1. The molecule has 2 aromatic rings. The lowest BCUT2D eigenvalue weighted by Gasteiger charge is -2.27. The highest BCUT2D eigenvalue weighted by Crippen LogP contribution is 2.36. The molecule has 4 heteroatoms. The summed E-state index contributed by atoms with van der Waals surface area (Å²) in [6, 6.07) is 7.92. The topological polar surface area (TPSA) is 38.1 Å². The summed E-state index contributed by atoms with van der Waals surface area (Å²) in [4.78, 5) is 19.4. The van der Waals surface area contributed by atoms with Gasteiger partial charge in [0.1, 0.15) is 5.82 Å². The van der Waals surface area contributed by atoms with Crippen molar-refractivity contribution in [2.75, 3.05) is 13.1 Å². The Morgan fingerprint density at radius 2 is 2.08 bits per heavy atom. The minimum atomic E-state index is 0.174. The molecule has 2 heterocycles. The number of likely N-dealkylation sites (tertiary alicyclic amines) is 1. The monoisotopic (exact) mass is 337 g/mol. The maximum Gasteiger partial charge on any atom is 0.253 e. The van der Waals surface area contributed by atoms with Crippen molar-refractivity contribution in [3.8, 4) is 0 Å². The molecule has 1 aromatic heterocycles. The molecule has 0 N–H and O–H groups in total. The first kappa shape index (κ1) is 16.4. The van der Waals surface area contributed by atoms with Crippen LogP contribution in [0.2, 0.25) is 0 Å². The Labute approximate surface area is 149 Å². The second-order valence-corrected chi connectivity index (χ2v) is 7.77. The number of carbonyl (C=O) groups excluding carboxylic acids is 1. The van der Waals surface area contributed by atoms with Crippen LogP contribution < -0.4 is 0 Å². The summed E-state index contributed by atoms with van der Waals surface area (Å²) in [7, 11) is 0. The Morgan fingerprint density at radius 1 is 1.24 bits per heavy atom. The summed E-state index contributed by atoms with van der Waals surface area (Å²) in [5.41, 5.74) is 3.21. The maximum atomic E-state index is 12.8. The number of rotatable bonds is 4. The zero-order valence-electron chi connectivity index (χ0n) is 15.2. The maximum absolute atomic E-state index is 12.8. The number of hydrogen-bond acceptors (Lipinski definition) is 2. The van der Waals surface area contributed by atoms with E-state index in [-0.39, 0.29) is 5.91 Å². The quantitative estimate of drug-likeness (QED) is 0.848. The summed E-state index contributed by atoms with van der Waals surface area (Å²) in [5.74, 6) is 2.63. The fourth-order valence-electron chi connectivity index (χ4n) is 4.09. The molecule has 0 radical (unpaired) electrons. The van der Waals surface area contributed by atoms with Crippen LogP contribution in [0.5, 0.6) is 0 Å². The van der Waals surface area contributed by atoms with E-state index in [1.54, 1.807) is 0 Å². The normalized spacial score (nSPS) is 20.7. The number of imidazole rings is 1. The van der Waals surface area contributed by atoms with Gasteiger partial charge in [0, 0.05) is 43.0 Å². The molecule has 0 spiro atoms. The third-order valence-electron chi connectivity index (χ3n) is 5.84. The molecule has 1 unspecified atom stereocenters. The van der Waals surface area contributed by atoms with Crippen molar-refractivity contribution in [2.45, 2.75) is 52.0 Å². The Morgan fingerprint density at radius 3 is 2.80 bits per heavy atom. The number of benzene rings is 1. The third kappa shape index (κ3) is 3.22. The van der Waals surface area contributed by atoms with Gasteiger partial charge in [-0.15, -0.1) is 0 Å². The molecule has 132 valence electrons. The van der Waals surface area contributed by atoms with Crippen molar-refractivity contribution in [1.82, 2.24) is 14.5 Å². The molecule has 2 aliphatic rings. The van der Waals surface area contributed by atoms with E-state index in [4.69, 9.17) is 0 Å². The van der Waals surface area contributed by atoms with Crippen LogP contribution in [0.25, 0.3) is 0 Å². The van der Waals surface area contributed by atoms with Crippen molar-refractivity contribution in [2.24, 2.45) is 5.92 Å². The zero-order valence-corrected chi connectivity index (χ0v) is 15.2. The van der Waals surface area contributed by atoms with Crippen molar-refractivity contribution in [3.63, 3.8) is 0 Å². The van der Waals surface area contributed by atoms with Crippen LogP contribution >= 0.6 is 0 Å². The van der Waals surface area contributed by atoms with Gasteiger partial charge in [0.15, 0.2) is 0 Å².